The number of aromatic nitrogens is 3. The number of nitrogens with one attached hydrogen (secondary N) is 1. The van der Waals surface area contributed by atoms with E-state index in [0.29, 0.717) is 38.1 Å². The number of ketones is 1. The molecule has 0 bridgehead atoms. The predicted molar refractivity (Wildman–Crippen MR) is 236 cm³/mol. The van der Waals surface area contributed by atoms with Crippen LogP contribution in [0.4, 0.5) is 0 Å². The summed E-state index contributed by atoms with van der Waals surface area (Å²) in [6, 6.07) is 5.36. The molecule has 2 amide bonds. The number of hydrogen-bond donors (Lipinski definition) is 1. The van der Waals surface area contributed by atoms with Gasteiger partial charge in [0.25, 0.3) is 6.01 Å². The molecular weight excluding hydrogens is 815 g/mol. The maximum absolute atomic E-state index is 14.8. The second-order valence-electron chi connectivity index (χ2n) is 19.3. The topological polar surface area (TPSA) is 167 Å². The molecule has 1 saturated heterocycles. The first-order chi connectivity index (χ1) is 28.8. The van der Waals surface area contributed by atoms with Crippen molar-refractivity contribution in [1.82, 2.24) is 24.2 Å². The molecule has 3 aromatic rings. The van der Waals surface area contributed by atoms with Crippen LogP contribution in [0.15, 0.2) is 30.4 Å². The number of carbonyl (C=O) groups is 4. The summed E-state index contributed by atoms with van der Waals surface area (Å²) < 4.78 is 42.4. The minimum atomic E-state index is -3.95. The number of esters is 1. The molecule has 3 fully saturated rings. The predicted octanol–water partition coefficient (Wildman–Crippen LogP) is 8.18. The lowest BCUT2D eigenvalue weighted by molar-refractivity contribution is -0.159. The second kappa shape index (κ2) is 17.2. The first-order valence-electron chi connectivity index (χ1n) is 22.2. The Kier molecular flexibility index (Phi) is 12.7. The van der Waals surface area contributed by atoms with Crippen molar-refractivity contribution in [3.63, 3.8) is 0 Å². The van der Waals surface area contributed by atoms with E-state index in [9.17, 15) is 27.6 Å². The Balaban J connectivity index is 1.23. The normalized spacial score (nSPS) is 26.3. The maximum Gasteiger partial charge on any atom is 0.307 e. The standard InChI is InChI=1S/C46H63N5O8S2/c1-9-16-34-29(4)60-40(47-34)33-19-15-20-35-39(33)48-43(51(35)28(2)3)58-32-24-36-37(52)26-46(42(55)49-61(56,57)45(8)21-22-45)25-31(46)18-14-12-10-11-13-17-30(41(54)50(36)27-32)23-38(53)59-44(5,6)7/h14-15,18-20,28,30-32,36H,9-13,16-17,21-27H2,1-8H3,(H,49,55)/b18-14-/t30-,31+,32-,36+,46-/m1/s1. The Morgan fingerprint density at radius 1 is 1.10 bits per heavy atom. The number of fused-ring (bicyclic) bond motifs is 3. The number of rotatable bonds is 11. The largest absolute Gasteiger partial charge is 0.460 e. The third kappa shape index (κ3) is 9.47. The van der Waals surface area contributed by atoms with E-state index in [1.165, 1.54) is 4.88 Å². The van der Waals surface area contributed by atoms with Gasteiger partial charge < -0.3 is 14.4 Å². The van der Waals surface area contributed by atoms with Crippen LogP contribution in [0.3, 0.4) is 0 Å². The second-order valence-corrected chi connectivity index (χ2v) is 22.7. The highest BCUT2D eigenvalue weighted by molar-refractivity contribution is 7.91. The number of nitrogens with zero attached hydrogens (tertiary/aromatic N) is 4. The molecule has 1 aromatic carbocycles. The Hall–Kier alpha value is -4.11. The van der Waals surface area contributed by atoms with Gasteiger partial charge in [0, 0.05) is 35.2 Å². The summed E-state index contributed by atoms with van der Waals surface area (Å²) in [6.45, 7) is 15.4. The number of carbonyl (C=O) groups excluding carboxylic acids is 4. The van der Waals surface area contributed by atoms with Gasteiger partial charge >= 0.3 is 5.97 Å². The molecule has 0 spiro atoms. The fourth-order valence-electron chi connectivity index (χ4n) is 9.02. The molecule has 7 rings (SSSR count). The van der Waals surface area contributed by atoms with E-state index in [0.717, 1.165) is 59.4 Å². The molecule has 2 aliphatic heterocycles. The molecule has 15 heteroatoms. The molecule has 2 aromatic heterocycles. The number of aryl methyl sites for hydroxylation is 2. The Bertz CT molecular complexity index is 2320. The van der Waals surface area contributed by atoms with Gasteiger partial charge in [0.15, 0.2) is 5.78 Å². The van der Waals surface area contributed by atoms with Crippen molar-refractivity contribution >= 4 is 56.0 Å². The maximum atomic E-state index is 14.8. The van der Waals surface area contributed by atoms with E-state index < -0.39 is 55.7 Å². The Morgan fingerprint density at radius 2 is 1.85 bits per heavy atom. The molecule has 5 atom stereocenters. The summed E-state index contributed by atoms with van der Waals surface area (Å²) in [4.78, 5) is 69.7. The van der Waals surface area contributed by atoms with Crippen LogP contribution in [0.1, 0.15) is 142 Å². The zero-order valence-electron chi connectivity index (χ0n) is 37.0. The molecule has 4 aliphatic rings. The van der Waals surface area contributed by atoms with E-state index in [1.54, 1.807) is 43.9 Å². The fraction of sp³-hybridized carbons (Fsp3) is 0.652. The average Bonchev–Trinajstić information content (AvgIpc) is 3.91. The number of hydrogen-bond acceptors (Lipinski definition) is 11. The van der Waals surface area contributed by atoms with Gasteiger partial charge in [-0.3, -0.25) is 28.5 Å². The minimum absolute atomic E-state index is 0.0512. The molecule has 13 nitrogen and oxygen atoms in total. The molecule has 2 saturated carbocycles. The van der Waals surface area contributed by atoms with Gasteiger partial charge in [-0.05, 0) is 111 Å². The molecular formula is C46H63N5O8S2. The summed E-state index contributed by atoms with van der Waals surface area (Å²) in [6.07, 6.45) is 9.77. The van der Waals surface area contributed by atoms with Crippen LogP contribution >= 0.6 is 11.3 Å². The fourth-order valence-corrected chi connectivity index (χ4v) is 11.3. The summed E-state index contributed by atoms with van der Waals surface area (Å²) in [7, 11) is -3.95. The Morgan fingerprint density at radius 3 is 2.54 bits per heavy atom. The number of sulfonamides is 1. The number of Topliss-reactive ketones (excluding diaryl/α,β-unsaturated/α-hetero) is 1. The third-order valence-electron chi connectivity index (χ3n) is 12.9. The van der Waals surface area contributed by atoms with Crippen molar-refractivity contribution in [3.8, 4) is 16.6 Å². The zero-order chi connectivity index (χ0) is 44.1. The summed E-state index contributed by atoms with van der Waals surface area (Å²) in [5.41, 5.74) is 1.61. The number of benzene rings is 1. The highest BCUT2D eigenvalue weighted by Gasteiger charge is 2.62. The first kappa shape index (κ1) is 44.9. The van der Waals surface area contributed by atoms with Gasteiger partial charge in [-0.1, -0.05) is 44.4 Å². The lowest BCUT2D eigenvalue weighted by Gasteiger charge is -2.29. The van der Waals surface area contributed by atoms with Crippen molar-refractivity contribution in [2.24, 2.45) is 17.3 Å². The monoisotopic (exact) mass is 877 g/mol. The van der Waals surface area contributed by atoms with Gasteiger partial charge in [-0.25, -0.2) is 13.4 Å². The summed E-state index contributed by atoms with van der Waals surface area (Å²) in [5.74, 6) is -2.88. The van der Waals surface area contributed by atoms with Crippen molar-refractivity contribution < 1.29 is 37.1 Å². The van der Waals surface area contributed by atoms with Gasteiger partial charge in [0.2, 0.25) is 21.8 Å². The quantitative estimate of drug-likeness (QED) is 0.147. The number of ether oxygens (including phenoxy) is 2. The number of allylic oxidation sites excluding steroid dienone is 2. The van der Waals surface area contributed by atoms with Crippen molar-refractivity contribution in [2.75, 3.05) is 6.54 Å². The van der Waals surface area contributed by atoms with Gasteiger partial charge in [0.05, 0.1) is 40.4 Å². The van der Waals surface area contributed by atoms with Crippen molar-refractivity contribution in [2.45, 2.75) is 167 Å². The number of para-hydroxylation sites is 1. The highest BCUT2D eigenvalue weighted by atomic mass is 32.2. The highest BCUT2D eigenvalue weighted by Crippen LogP contribution is 2.57. The van der Waals surface area contributed by atoms with Crippen LogP contribution in [-0.4, -0.2) is 80.5 Å². The molecule has 0 unspecified atom stereocenters. The van der Waals surface area contributed by atoms with Crippen LogP contribution < -0.4 is 9.46 Å². The van der Waals surface area contributed by atoms with Gasteiger partial charge in [-0.15, -0.1) is 11.3 Å². The van der Waals surface area contributed by atoms with E-state index >= 15 is 0 Å². The number of amides is 2. The molecule has 61 heavy (non-hydrogen) atoms. The lowest BCUT2D eigenvalue weighted by atomic mass is 9.90. The van der Waals surface area contributed by atoms with E-state index in [4.69, 9.17) is 19.4 Å². The van der Waals surface area contributed by atoms with E-state index in [1.807, 2.05) is 34.9 Å². The smallest absolute Gasteiger partial charge is 0.307 e. The number of imidazole rings is 1. The molecule has 332 valence electrons. The molecule has 2 aliphatic carbocycles. The van der Waals surface area contributed by atoms with Crippen LogP contribution in [-0.2, 0) is 40.4 Å². The minimum Gasteiger partial charge on any atom is -0.460 e. The van der Waals surface area contributed by atoms with Gasteiger partial charge in [-0.2, -0.15) is 4.98 Å². The molecule has 0 radical (unpaired) electrons. The Labute approximate surface area is 364 Å². The zero-order valence-corrected chi connectivity index (χ0v) is 38.7. The van der Waals surface area contributed by atoms with E-state index in [2.05, 4.69) is 32.4 Å². The summed E-state index contributed by atoms with van der Waals surface area (Å²) >= 11 is 1.64. The summed E-state index contributed by atoms with van der Waals surface area (Å²) in [5, 5.41) is 0.885. The van der Waals surface area contributed by atoms with Gasteiger partial charge in [0.1, 0.15) is 22.2 Å². The SMILES string of the molecule is CCCc1nc(-c2cccc3c2nc(O[C@@H]2C[C@H]4C(=O)C[C@]5(C(=O)NS(=O)(=O)C6(C)CC6)C[C@@H]5/C=C\CCCCC[C@H](CC(=O)OC(C)(C)C)C(=O)N4C2)n3C(C)C)sc1C. The van der Waals surface area contributed by atoms with Crippen LogP contribution in [0.2, 0.25) is 0 Å². The third-order valence-corrected chi connectivity index (χ3v) is 16.1. The van der Waals surface area contributed by atoms with E-state index in [-0.39, 0.29) is 49.5 Å². The lowest BCUT2D eigenvalue weighted by Crippen LogP contribution is -2.47. The van der Waals surface area contributed by atoms with Crippen molar-refractivity contribution in [3.05, 3.63) is 40.9 Å². The van der Waals surface area contributed by atoms with Crippen LogP contribution in [0.25, 0.3) is 21.6 Å². The molecule has 4 heterocycles. The number of thiazole rings is 1. The van der Waals surface area contributed by atoms with Crippen molar-refractivity contribution in [1.29, 1.82) is 0 Å². The van der Waals surface area contributed by atoms with Crippen LogP contribution in [0, 0.1) is 24.2 Å². The molecule has 1 N–H and O–H groups in total. The van der Waals surface area contributed by atoms with Crippen LogP contribution in [0.5, 0.6) is 6.01 Å². The average molecular weight is 878 g/mol. The first-order valence-corrected chi connectivity index (χ1v) is 24.5.